The van der Waals surface area contributed by atoms with Crippen molar-refractivity contribution in [3.63, 3.8) is 0 Å². The van der Waals surface area contributed by atoms with Crippen molar-refractivity contribution in [1.29, 1.82) is 0 Å². The first-order chi connectivity index (χ1) is 8.78. The Labute approximate surface area is 116 Å². The minimum Gasteiger partial charge on any atom is -0.377 e. The van der Waals surface area contributed by atoms with Gasteiger partial charge in [0.05, 0.1) is 19.3 Å². The predicted molar refractivity (Wildman–Crippen MR) is 78.5 cm³/mol. The summed E-state index contributed by atoms with van der Waals surface area (Å²) in [6, 6.07) is 8.66. The molecule has 3 nitrogen and oxygen atoms in total. The van der Waals surface area contributed by atoms with Crippen LogP contribution in [0.3, 0.4) is 0 Å². The highest BCUT2D eigenvalue weighted by atomic mass is 16.7. The van der Waals surface area contributed by atoms with Gasteiger partial charge >= 0.3 is 0 Å². The molecular weight excluding hydrogens is 238 g/mol. The van der Waals surface area contributed by atoms with Crippen molar-refractivity contribution < 1.29 is 9.47 Å². The van der Waals surface area contributed by atoms with Crippen LogP contribution in [0.1, 0.15) is 40.2 Å². The normalized spacial score (nSPS) is 20.3. The van der Waals surface area contributed by atoms with Gasteiger partial charge in [-0.25, -0.2) is 0 Å². The first-order valence-electron chi connectivity index (χ1n) is 6.92. The van der Waals surface area contributed by atoms with Gasteiger partial charge in [-0.1, -0.05) is 39.0 Å². The largest absolute Gasteiger partial charge is 0.377 e. The number of benzene rings is 1. The predicted octanol–water partition coefficient (Wildman–Crippen LogP) is 3.55. The zero-order chi connectivity index (χ0) is 14.1. The topological polar surface area (TPSA) is 30.5 Å². The molecule has 1 N–H and O–H groups in total. The number of nitrogens with one attached hydrogen (secondary N) is 1. The smallest absolute Gasteiger partial charge is 0.162 e. The molecule has 106 valence electrons. The van der Waals surface area contributed by atoms with Crippen molar-refractivity contribution in [3.8, 4) is 0 Å². The minimum absolute atomic E-state index is 0.124. The Morgan fingerprint density at radius 1 is 1.11 bits per heavy atom. The van der Waals surface area contributed by atoms with Gasteiger partial charge in [0, 0.05) is 5.69 Å². The fourth-order valence-corrected chi connectivity index (χ4v) is 2.26. The number of ether oxygens (including phenoxy) is 2. The van der Waals surface area contributed by atoms with Crippen molar-refractivity contribution >= 4 is 5.69 Å². The van der Waals surface area contributed by atoms with Crippen molar-refractivity contribution in [2.75, 3.05) is 18.5 Å². The van der Waals surface area contributed by atoms with E-state index in [9.17, 15) is 0 Å². The van der Waals surface area contributed by atoms with Crippen LogP contribution in [0.4, 0.5) is 5.69 Å². The van der Waals surface area contributed by atoms with E-state index in [1.54, 1.807) is 0 Å². The van der Waals surface area contributed by atoms with Crippen LogP contribution in [0.15, 0.2) is 24.3 Å². The number of para-hydroxylation sites is 1. The third-order valence-electron chi connectivity index (χ3n) is 3.36. The van der Waals surface area contributed by atoms with E-state index in [0.29, 0.717) is 13.2 Å². The lowest BCUT2D eigenvalue weighted by Crippen LogP contribution is -2.45. The van der Waals surface area contributed by atoms with Gasteiger partial charge in [-0.05, 0) is 30.9 Å². The molecular formula is C16H25NO2. The van der Waals surface area contributed by atoms with Gasteiger partial charge in [-0.2, -0.15) is 0 Å². The summed E-state index contributed by atoms with van der Waals surface area (Å²) in [7, 11) is 0. The molecule has 0 radical (unpaired) electrons. The maximum absolute atomic E-state index is 5.69. The molecule has 0 saturated carbocycles. The molecule has 19 heavy (non-hydrogen) atoms. The molecule has 2 rings (SSSR count). The van der Waals surface area contributed by atoms with Crippen LogP contribution in [-0.2, 0) is 14.9 Å². The van der Waals surface area contributed by atoms with Crippen molar-refractivity contribution in [2.45, 2.75) is 51.9 Å². The van der Waals surface area contributed by atoms with Crippen LogP contribution in [0, 0.1) is 0 Å². The van der Waals surface area contributed by atoms with Crippen LogP contribution in [0.2, 0.25) is 0 Å². The number of hydrogen-bond acceptors (Lipinski definition) is 3. The molecule has 1 heterocycles. The minimum atomic E-state index is -0.457. The molecule has 1 saturated heterocycles. The van der Waals surface area contributed by atoms with Gasteiger partial charge in [-0.15, -0.1) is 0 Å². The van der Waals surface area contributed by atoms with Gasteiger partial charge in [0.25, 0.3) is 0 Å². The van der Waals surface area contributed by atoms with E-state index >= 15 is 0 Å². The first-order valence-corrected chi connectivity index (χ1v) is 6.92. The van der Waals surface area contributed by atoms with Crippen LogP contribution in [0.5, 0.6) is 0 Å². The lowest BCUT2D eigenvalue weighted by Gasteiger charge is -2.36. The molecule has 0 bridgehead atoms. The quantitative estimate of drug-likeness (QED) is 0.885. The summed E-state index contributed by atoms with van der Waals surface area (Å²) < 4.78 is 11.4. The summed E-state index contributed by atoms with van der Waals surface area (Å²) >= 11 is 0. The standard InChI is InChI=1S/C16H25NO2/c1-15(2,3)13-8-6-7-9-14(13)17-12-10-18-16(4,5)19-11-12/h6-9,12,17H,10-11H2,1-5H3. The summed E-state index contributed by atoms with van der Waals surface area (Å²) in [6.07, 6.45) is 0. The molecule has 0 unspecified atom stereocenters. The lowest BCUT2D eigenvalue weighted by molar-refractivity contribution is -0.247. The van der Waals surface area contributed by atoms with Gasteiger partial charge in [0.15, 0.2) is 5.79 Å². The van der Waals surface area contributed by atoms with Crippen molar-refractivity contribution in [1.82, 2.24) is 0 Å². The van der Waals surface area contributed by atoms with E-state index in [2.05, 4.69) is 50.4 Å². The van der Waals surface area contributed by atoms with Crippen LogP contribution < -0.4 is 5.32 Å². The van der Waals surface area contributed by atoms with E-state index in [1.165, 1.54) is 11.3 Å². The Morgan fingerprint density at radius 2 is 1.68 bits per heavy atom. The van der Waals surface area contributed by atoms with Gasteiger partial charge in [0.2, 0.25) is 0 Å². The molecule has 1 aromatic rings. The summed E-state index contributed by atoms with van der Waals surface area (Å²) in [4.78, 5) is 0. The summed E-state index contributed by atoms with van der Waals surface area (Å²) in [6.45, 7) is 11.9. The maximum Gasteiger partial charge on any atom is 0.162 e. The Hall–Kier alpha value is -1.06. The second-order valence-electron chi connectivity index (χ2n) is 6.66. The molecule has 1 aromatic carbocycles. The molecule has 0 aromatic heterocycles. The highest BCUT2D eigenvalue weighted by molar-refractivity contribution is 5.54. The zero-order valence-corrected chi connectivity index (χ0v) is 12.6. The number of hydrogen-bond donors (Lipinski definition) is 1. The third kappa shape index (κ3) is 3.71. The van der Waals surface area contributed by atoms with Gasteiger partial charge in [-0.3, -0.25) is 0 Å². The maximum atomic E-state index is 5.69. The Morgan fingerprint density at radius 3 is 2.26 bits per heavy atom. The molecule has 0 aliphatic carbocycles. The highest BCUT2D eigenvalue weighted by Crippen LogP contribution is 2.30. The molecule has 3 heteroatoms. The van der Waals surface area contributed by atoms with E-state index in [0.717, 1.165) is 0 Å². The second kappa shape index (κ2) is 5.14. The average Bonchev–Trinajstić information content (AvgIpc) is 2.31. The fraction of sp³-hybridized carbons (Fsp3) is 0.625. The average molecular weight is 263 g/mol. The van der Waals surface area contributed by atoms with Crippen LogP contribution >= 0.6 is 0 Å². The molecule has 1 aliphatic rings. The number of rotatable bonds is 2. The van der Waals surface area contributed by atoms with E-state index in [1.807, 2.05) is 13.8 Å². The monoisotopic (exact) mass is 263 g/mol. The molecule has 0 spiro atoms. The second-order valence-corrected chi connectivity index (χ2v) is 6.66. The molecule has 1 aliphatic heterocycles. The van der Waals surface area contributed by atoms with Crippen molar-refractivity contribution in [3.05, 3.63) is 29.8 Å². The van der Waals surface area contributed by atoms with E-state index in [4.69, 9.17) is 9.47 Å². The molecule has 0 atom stereocenters. The van der Waals surface area contributed by atoms with E-state index in [-0.39, 0.29) is 11.5 Å². The van der Waals surface area contributed by atoms with E-state index < -0.39 is 5.79 Å². The summed E-state index contributed by atoms with van der Waals surface area (Å²) in [5, 5.41) is 3.54. The first kappa shape index (κ1) is 14.4. The molecule has 1 fully saturated rings. The van der Waals surface area contributed by atoms with Gasteiger partial charge in [0.1, 0.15) is 0 Å². The van der Waals surface area contributed by atoms with Crippen molar-refractivity contribution in [2.24, 2.45) is 0 Å². The van der Waals surface area contributed by atoms with Crippen LogP contribution in [0.25, 0.3) is 0 Å². The fourth-order valence-electron chi connectivity index (χ4n) is 2.26. The lowest BCUT2D eigenvalue weighted by atomic mass is 9.85. The Balaban J connectivity index is 2.08. The highest BCUT2D eigenvalue weighted by Gasteiger charge is 2.29. The third-order valence-corrected chi connectivity index (χ3v) is 3.36. The summed E-state index contributed by atoms with van der Waals surface area (Å²) in [5.74, 6) is -0.457. The Bertz CT molecular complexity index is 425. The Kier molecular flexibility index (Phi) is 3.88. The molecule has 0 amide bonds. The van der Waals surface area contributed by atoms with Gasteiger partial charge < -0.3 is 14.8 Å². The number of anilines is 1. The zero-order valence-electron chi connectivity index (χ0n) is 12.6. The SMILES string of the molecule is CC1(C)OCC(Nc2ccccc2C(C)(C)C)CO1. The summed E-state index contributed by atoms with van der Waals surface area (Å²) in [5.41, 5.74) is 2.62. The van der Waals surface area contributed by atoms with Crippen LogP contribution in [-0.4, -0.2) is 25.0 Å².